The molecule has 1 aliphatic heterocycles. The number of halogens is 9. The molecule has 0 radical (unpaired) electrons. The molecule has 0 unspecified atom stereocenters. The molecular formula is C26H23F9N4O4. The van der Waals surface area contributed by atoms with E-state index in [1.807, 2.05) is 0 Å². The zero-order valence-corrected chi connectivity index (χ0v) is 21.9. The summed E-state index contributed by atoms with van der Waals surface area (Å²) in [5, 5.41) is 20.2. The Balaban J connectivity index is 1.82. The molecule has 234 valence electrons. The number of carbonyl (C=O) groups excluding carboxylic acids is 1. The molecule has 3 heterocycles. The van der Waals surface area contributed by atoms with Gasteiger partial charge in [0, 0.05) is 49.8 Å². The van der Waals surface area contributed by atoms with Crippen molar-refractivity contribution >= 4 is 22.8 Å². The number of aromatic nitrogens is 2. The van der Waals surface area contributed by atoms with Gasteiger partial charge in [-0.3, -0.25) is 14.2 Å². The third kappa shape index (κ3) is 6.13. The lowest BCUT2D eigenvalue weighted by Crippen LogP contribution is -2.44. The third-order valence-corrected chi connectivity index (χ3v) is 7.31. The first-order chi connectivity index (χ1) is 20.0. The lowest BCUT2D eigenvalue weighted by molar-refractivity contribution is -0.283. The molecule has 43 heavy (non-hydrogen) atoms. The van der Waals surface area contributed by atoms with Gasteiger partial charge in [0.1, 0.15) is 17.1 Å². The van der Waals surface area contributed by atoms with E-state index < -0.39 is 93.2 Å². The highest BCUT2D eigenvalue weighted by Crippen LogP contribution is 2.38. The predicted molar refractivity (Wildman–Crippen MR) is 133 cm³/mol. The van der Waals surface area contributed by atoms with Gasteiger partial charge in [-0.2, -0.15) is 22.0 Å². The average Bonchev–Trinajstić information content (AvgIpc) is 2.93. The van der Waals surface area contributed by atoms with Gasteiger partial charge in [-0.1, -0.05) is 0 Å². The molecule has 3 aromatic rings. The fourth-order valence-electron chi connectivity index (χ4n) is 4.66. The minimum Gasteiger partial charge on any atom is -0.396 e. The van der Waals surface area contributed by atoms with Crippen molar-refractivity contribution in [1.82, 2.24) is 14.9 Å². The fourth-order valence-corrected chi connectivity index (χ4v) is 4.66. The van der Waals surface area contributed by atoms with E-state index in [0.29, 0.717) is 16.8 Å². The van der Waals surface area contributed by atoms with Crippen LogP contribution in [0.25, 0.3) is 16.7 Å². The topological polar surface area (TPSA) is 108 Å². The monoisotopic (exact) mass is 626 g/mol. The number of benzene rings is 1. The minimum atomic E-state index is -5.92. The maximum Gasteiger partial charge on any atom is 0.453 e. The van der Waals surface area contributed by atoms with E-state index in [-0.39, 0.29) is 51.3 Å². The fraction of sp³-hybridized carbons (Fsp3) is 0.423. The summed E-state index contributed by atoms with van der Waals surface area (Å²) in [5.74, 6) is -12.7. The van der Waals surface area contributed by atoms with Gasteiger partial charge in [0.15, 0.2) is 28.9 Å². The Morgan fingerprint density at radius 3 is 2.07 bits per heavy atom. The van der Waals surface area contributed by atoms with Crippen molar-refractivity contribution in [1.29, 1.82) is 0 Å². The summed E-state index contributed by atoms with van der Waals surface area (Å²) in [4.78, 5) is 31.3. The number of hydrogen-bond acceptors (Lipinski definition) is 6. The van der Waals surface area contributed by atoms with Gasteiger partial charge < -0.3 is 20.4 Å². The van der Waals surface area contributed by atoms with Crippen LogP contribution in [0.2, 0.25) is 0 Å². The standard InChI is InChI=1S/C26H23F9N4O4/c27-13-7-16(28)19(17(29)8-13)39-10-15(23(43)36-4-1-25(31,32)26(33,34)35)20(42)14-9-18(30)22(37-21(14)39)38-5-2-24(11-40,12-41)3-6-38/h7-10,40-41H,1-6,11-12H2,(H,36,43). The normalized spacial score (nSPS) is 15.7. The Bertz CT molecular complexity index is 1570. The number of aliphatic hydroxyl groups is 2. The van der Waals surface area contributed by atoms with Crippen LogP contribution in [0.15, 0.2) is 29.2 Å². The number of hydrogen-bond donors (Lipinski definition) is 3. The molecule has 2 aromatic heterocycles. The first-order valence-electron chi connectivity index (χ1n) is 12.6. The van der Waals surface area contributed by atoms with Gasteiger partial charge in [0.05, 0.1) is 18.6 Å². The summed E-state index contributed by atoms with van der Waals surface area (Å²) < 4.78 is 123. The maximum atomic E-state index is 15.3. The van der Waals surface area contributed by atoms with Crippen LogP contribution in [-0.2, 0) is 0 Å². The molecule has 1 aliphatic rings. The molecule has 3 N–H and O–H groups in total. The van der Waals surface area contributed by atoms with E-state index in [1.165, 1.54) is 4.90 Å². The number of nitrogens with one attached hydrogen (secondary N) is 1. The number of rotatable bonds is 8. The summed E-state index contributed by atoms with van der Waals surface area (Å²) in [6, 6.07) is 1.13. The highest BCUT2D eigenvalue weighted by atomic mass is 19.4. The molecule has 17 heteroatoms. The van der Waals surface area contributed by atoms with Crippen molar-refractivity contribution in [2.24, 2.45) is 5.41 Å². The first kappa shape index (κ1) is 32.1. The number of anilines is 1. The quantitative estimate of drug-likeness (QED) is 0.329. The van der Waals surface area contributed by atoms with Crippen molar-refractivity contribution in [3.63, 3.8) is 0 Å². The second-order valence-corrected chi connectivity index (χ2v) is 10.1. The Labute approximate surface area is 236 Å². The van der Waals surface area contributed by atoms with Crippen molar-refractivity contribution < 1.29 is 54.5 Å². The Morgan fingerprint density at radius 2 is 1.53 bits per heavy atom. The Hall–Kier alpha value is -3.86. The summed E-state index contributed by atoms with van der Waals surface area (Å²) in [6.45, 7) is -1.86. The van der Waals surface area contributed by atoms with E-state index in [4.69, 9.17) is 0 Å². The molecule has 0 atom stereocenters. The number of nitrogens with zero attached hydrogens (tertiary/aromatic N) is 3. The number of carbonyl (C=O) groups is 1. The Kier molecular flexibility index (Phi) is 8.70. The van der Waals surface area contributed by atoms with Crippen molar-refractivity contribution in [3.05, 3.63) is 63.5 Å². The van der Waals surface area contributed by atoms with Crippen LogP contribution in [0.5, 0.6) is 0 Å². The van der Waals surface area contributed by atoms with Gasteiger partial charge in [0.2, 0.25) is 5.43 Å². The number of piperidine rings is 1. The van der Waals surface area contributed by atoms with Crippen molar-refractivity contribution in [3.8, 4) is 5.69 Å². The van der Waals surface area contributed by atoms with Crippen LogP contribution in [0.1, 0.15) is 29.6 Å². The molecule has 1 saturated heterocycles. The van der Waals surface area contributed by atoms with E-state index in [1.54, 1.807) is 5.32 Å². The molecular weight excluding hydrogens is 603 g/mol. The number of aliphatic hydroxyl groups excluding tert-OH is 2. The first-order valence-corrected chi connectivity index (χ1v) is 12.6. The summed E-state index contributed by atoms with van der Waals surface area (Å²) in [7, 11) is 0. The maximum absolute atomic E-state index is 15.3. The minimum absolute atomic E-state index is 0.0586. The van der Waals surface area contributed by atoms with Gasteiger partial charge in [-0.05, 0) is 18.9 Å². The van der Waals surface area contributed by atoms with Crippen LogP contribution in [0.3, 0.4) is 0 Å². The average molecular weight is 626 g/mol. The van der Waals surface area contributed by atoms with Crippen LogP contribution in [-0.4, -0.2) is 70.6 Å². The molecule has 0 saturated carbocycles. The SMILES string of the molecule is O=C(NCCC(F)(F)C(F)(F)F)c1cn(-c2c(F)cc(F)cc2F)c2nc(N3CCC(CO)(CO)CC3)c(F)cc2c1=O. The van der Waals surface area contributed by atoms with E-state index in [2.05, 4.69) is 4.98 Å². The number of amides is 1. The number of pyridine rings is 2. The highest BCUT2D eigenvalue weighted by molar-refractivity contribution is 5.97. The summed E-state index contributed by atoms with van der Waals surface area (Å²) >= 11 is 0. The van der Waals surface area contributed by atoms with E-state index in [9.17, 15) is 54.9 Å². The molecule has 0 aliphatic carbocycles. The lowest BCUT2D eigenvalue weighted by atomic mass is 9.80. The van der Waals surface area contributed by atoms with E-state index >= 15 is 4.39 Å². The molecule has 0 bridgehead atoms. The number of alkyl halides is 5. The third-order valence-electron chi connectivity index (χ3n) is 7.31. The molecule has 4 rings (SSSR count). The van der Waals surface area contributed by atoms with Crippen molar-refractivity contribution in [2.75, 3.05) is 37.7 Å². The smallest absolute Gasteiger partial charge is 0.396 e. The van der Waals surface area contributed by atoms with Crippen LogP contribution < -0.4 is 15.6 Å². The zero-order chi connectivity index (χ0) is 31.9. The van der Waals surface area contributed by atoms with Crippen LogP contribution in [0, 0.1) is 28.7 Å². The molecule has 1 fully saturated rings. The second-order valence-electron chi connectivity index (χ2n) is 10.1. The number of fused-ring (bicyclic) bond motifs is 1. The van der Waals surface area contributed by atoms with Gasteiger partial charge in [0.25, 0.3) is 5.91 Å². The van der Waals surface area contributed by atoms with Crippen LogP contribution in [0.4, 0.5) is 45.3 Å². The summed E-state index contributed by atoms with van der Waals surface area (Å²) in [6.07, 6.45) is -6.90. The molecule has 1 aromatic carbocycles. The lowest BCUT2D eigenvalue weighted by Gasteiger charge is -2.40. The highest BCUT2D eigenvalue weighted by Gasteiger charge is 2.56. The molecule has 8 nitrogen and oxygen atoms in total. The molecule has 0 spiro atoms. The van der Waals surface area contributed by atoms with Crippen molar-refractivity contribution in [2.45, 2.75) is 31.4 Å². The second kappa shape index (κ2) is 11.7. The van der Waals surface area contributed by atoms with Crippen LogP contribution >= 0.6 is 0 Å². The van der Waals surface area contributed by atoms with Gasteiger partial charge in [-0.25, -0.2) is 22.5 Å². The largest absolute Gasteiger partial charge is 0.453 e. The van der Waals surface area contributed by atoms with E-state index in [0.717, 1.165) is 0 Å². The van der Waals surface area contributed by atoms with Gasteiger partial charge in [-0.15, -0.1) is 0 Å². The summed E-state index contributed by atoms with van der Waals surface area (Å²) in [5.41, 5.74) is -4.84. The Morgan fingerprint density at radius 1 is 0.953 bits per heavy atom. The predicted octanol–water partition coefficient (Wildman–Crippen LogP) is 3.83. The zero-order valence-electron chi connectivity index (χ0n) is 21.9. The molecule has 1 amide bonds. The van der Waals surface area contributed by atoms with Gasteiger partial charge >= 0.3 is 12.1 Å².